The first kappa shape index (κ1) is 14.2. The third kappa shape index (κ3) is 2.71. The van der Waals surface area contributed by atoms with Crippen LogP contribution in [-0.4, -0.2) is 6.29 Å². The van der Waals surface area contributed by atoms with Gasteiger partial charge in [0.15, 0.2) is 0 Å². The van der Waals surface area contributed by atoms with Crippen molar-refractivity contribution in [2.24, 2.45) is 0 Å². The SMILES string of the molecule is Cc1ccc(C=O)cc1-c1ccc(C(F)(F)F)c(F)c1. The van der Waals surface area contributed by atoms with Crippen molar-refractivity contribution in [2.75, 3.05) is 0 Å². The van der Waals surface area contributed by atoms with E-state index in [9.17, 15) is 22.4 Å². The Labute approximate surface area is 112 Å². The second-order valence-electron chi connectivity index (χ2n) is 4.38. The van der Waals surface area contributed by atoms with Crippen molar-refractivity contribution in [3.05, 3.63) is 58.9 Å². The molecule has 1 nitrogen and oxygen atoms in total. The van der Waals surface area contributed by atoms with Crippen LogP contribution in [0.25, 0.3) is 11.1 Å². The van der Waals surface area contributed by atoms with Gasteiger partial charge in [-0.3, -0.25) is 4.79 Å². The minimum atomic E-state index is -4.72. The van der Waals surface area contributed by atoms with E-state index in [0.29, 0.717) is 29.0 Å². The van der Waals surface area contributed by atoms with Crippen LogP contribution in [0, 0.1) is 12.7 Å². The molecule has 0 amide bonds. The summed E-state index contributed by atoms with van der Waals surface area (Å²) in [5, 5.41) is 0. The first-order valence-corrected chi connectivity index (χ1v) is 5.76. The predicted molar refractivity (Wildman–Crippen MR) is 67.0 cm³/mol. The fraction of sp³-hybridized carbons (Fsp3) is 0.133. The van der Waals surface area contributed by atoms with E-state index in [-0.39, 0.29) is 0 Å². The smallest absolute Gasteiger partial charge is 0.298 e. The van der Waals surface area contributed by atoms with Gasteiger partial charge >= 0.3 is 6.18 Å². The van der Waals surface area contributed by atoms with Crippen LogP contribution in [0.3, 0.4) is 0 Å². The van der Waals surface area contributed by atoms with Crippen molar-refractivity contribution >= 4 is 6.29 Å². The Kier molecular flexibility index (Phi) is 3.61. The molecule has 104 valence electrons. The maximum Gasteiger partial charge on any atom is 0.419 e. The Hall–Kier alpha value is -2.17. The van der Waals surface area contributed by atoms with E-state index in [2.05, 4.69) is 0 Å². The van der Waals surface area contributed by atoms with E-state index in [1.165, 1.54) is 12.1 Å². The third-order valence-corrected chi connectivity index (χ3v) is 2.98. The number of aldehydes is 1. The van der Waals surface area contributed by atoms with E-state index in [1.807, 2.05) is 0 Å². The van der Waals surface area contributed by atoms with E-state index in [0.717, 1.165) is 11.6 Å². The number of hydrogen-bond acceptors (Lipinski definition) is 1. The van der Waals surface area contributed by atoms with Crippen molar-refractivity contribution in [2.45, 2.75) is 13.1 Å². The average molecular weight is 282 g/mol. The van der Waals surface area contributed by atoms with Gasteiger partial charge in [0.05, 0.1) is 5.56 Å². The summed E-state index contributed by atoms with van der Waals surface area (Å²) in [4.78, 5) is 10.7. The van der Waals surface area contributed by atoms with Gasteiger partial charge < -0.3 is 0 Å². The largest absolute Gasteiger partial charge is 0.419 e. The number of benzene rings is 2. The molecular weight excluding hydrogens is 272 g/mol. The predicted octanol–water partition coefficient (Wildman–Crippen LogP) is 4.63. The molecule has 2 aromatic carbocycles. The molecule has 2 aromatic rings. The number of carbonyl (C=O) groups is 1. The molecule has 0 unspecified atom stereocenters. The van der Waals surface area contributed by atoms with Crippen LogP contribution in [0.15, 0.2) is 36.4 Å². The van der Waals surface area contributed by atoms with Crippen LogP contribution in [0.5, 0.6) is 0 Å². The monoisotopic (exact) mass is 282 g/mol. The van der Waals surface area contributed by atoms with Crippen LogP contribution in [0.2, 0.25) is 0 Å². The highest BCUT2D eigenvalue weighted by Crippen LogP contribution is 2.34. The van der Waals surface area contributed by atoms with Gasteiger partial charge in [-0.2, -0.15) is 13.2 Å². The maximum absolute atomic E-state index is 13.6. The van der Waals surface area contributed by atoms with Crippen LogP contribution >= 0.6 is 0 Å². The molecule has 0 aliphatic carbocycles. The quantitative estimate of drug-likeness (QED) is 0.579. The minimum absolute atomic E-state index is 0.303. The zero-order valence-electron chi connectivity index (χ0n) is 10.5. The van der Waals surface area contributed by atoms with Crippen LogP contribution in [0.1, 0.15) is 21.5 Å². The van der Waals surface area contributed by atoms with Crippen molar-refractivity contribution in [1.29, 1.82) is 0 Å². The van der Waals surface area contributed by atoms with E-state index < -0.39 is 17.6 Å². The summed E-state index contributed by atoms with van der Waals surface area (Å²) in [6.07, 6.45) is -4.09. The minimum Gasteiger partial charge on any atom is -0.298 e. The highest BCUT2D eigenvalue weighted by atomic mass is 19.4. The number of alkyl halides is 3. The van der Waals surface area contributed by atoms with E-state index >= 15 is 0 Å². The lowest BCUT2D eigenvalue weighted by molar-refractivity contribution is -0.139. The molecular formula is C15H10F4O. The molecule has 0 saturated heterocycles. The molecule has 0 saturated carbocycles. The van der Waals surface area contributed by atoms with Gasteiger partial charge in [-0.25, -0.2) is 4.39 Å². The van der Waals surface area contributed by atoms with E-state index in [1.54, 1.807) is 19.1 Å². The topological polar surface area (TPSA) is 17.1 Å². The highest BCUT2D eigenvalue weighted by Gasteiger charge is 2.33. The second-order valence-corrected chi connectivity index (χ2v) is 4.38. The van der Waals surface area contributed by atoms with Crippen molar-refractivity contribution in [1.82, 2.24) is 0 Å². The molecule has 0 aliphatic heterocycles. The van der Waals surface area contributed by atoms with Crippen LogP contribution in [-0.2, 0) is 6.18 Å². The molecule has 5 heteroatoms. The molecule has 0 N–H and O–H groups in total. The number of hydrogen-bond donors (Lipinski definition) is 0. The lowest BCUT2D eigenvalue weighted by Crippen LogP contribution is -2.07. The van der Waals surface area contributed by atoms with Crippen molar-refractivity contribution in [3.8, 4) is 11.1 Å². The summed E-state index contributed by atoms with van der Waals surface area (Å²) in [5.41, 5.74) is 0.657. The summed E-state index contributed by atoms with van der Waals surface area (Å²) in [5.74, 6) is -1.33. The Morgan fingerprint density at radius 1 is 1.05 bits per heavy atom. The zero-order chi connectivity index (χ0) is 14.9. The highest BCUT2D eigenvalue weighted by molar-refractivity contribution is 5.80. The molecule has 2 rings (SSSR count). The zero-order valence-corrected chi connectivity index (χ0v) is 10.5. The van der Waals surface area contributed by atoms with Crippen LogP contribution in [0.4, 0.5) is 17.6 Å². The normalized spacial score (nSPS) is 11.4. The summed E-state index contributed by atoms with van der Waals surface area (Å²) in [7, 11) is 0. The summed E-state index contributed by atoms with van der Waals surface area (Å²) in [6, 6.07) is 7.51. The maximum atomic E-state index is 13.6. The van der Waals surface area contributed by atoms with Gasteiger partial charge in [0.1, 0.15) is 12.1 Å². The second kappa shape index (κ2) is 5.07. The Morgan fingerprint density at radius 3 is 2.30 bits per heavy atom. The molecule has 0 bridgehead atoms. The molecule has 0 aliphatic rings. The summed E-state index contributed by atoms with van der Waals surface area (Å²) in [6.45, 7) is 1.74. The molecule has 20 heavy (non-hydrogen) atoms. The molecule has 0 radical (unpaired) electrons. The first-order valence-electron chi connectivity index (χ1n) is 5.76. The van der Waals surface area contributed by atoms with Gasteiger partial charge in [0.2, 0.25) is 0 Å². The summed E-state index contributed by atoms with van der Waals surface area (Å²) < 4.78 is 51.0. The number of carbonyl (C=O) groups excluding carboxylic acids is 1. The molecule has 0 aromatic heterocycles. The number of halogens is 4. The Balaban J connectivity index is 2.55. The van der Waals surface area contributed by atoms with Crippen molar-refractivity contribution in [3.63, 3.8) is 0 Å². The Morgan fingerprint density at radius 2 is 1.75 bits per heavy atom. The van der Waals surface area contributed by atoms with E-state index in [4.69, 9.17) is 0 Å². The van der Waals surface area contributed by atoms with Crippen LogP contribution < -0.4 is 0 Å². The van der Waals surface area contributed by atoms with Gasteiger partial charge in [0, 0.05) is 5.56 Å². The Bertz CT molecular complexity index is 659. The fourth-order valence-electron chi connectivity index (χ4n) is 1.94. The average Bonchev–Trinajstić information content (AvgIpc) is 2.37. The lowest BCUT2D eigenvalue weighted by Gasteiger charge is -2.11. The van der Waals surface area contributed by atoms with Gasteiger partial charge in [-0.05, 0) is 41.8 Å². The lowest BCUT2D eigenvalue weighted by atomic mass is 9.97. The summed E-state index contributed by atoms with van der Waals surface area (Å²) >= 11 is 0. The number of aryl methyl sites for hydroxylation is 1. The first-order chi connectivity index (χ1) is 9.32. The molecule has 0 atom stereocenters. The molecule has 0 heterocycles. The van der Waals surface area contributed by atoms with Gasteiger partial charge in [-0.1, -0.05) is 18.2 Å². The van der Waals surface area contributed by atoms with Gasteiger partial charge in [-0.15, -0.1) is 0 Å². The van der Waals surface area contributed by atoms with Gasteiger partial charge in [0.25, 0.3) is 0 Å². The standard InChI is InChI=1S/C15H10F4O/c1-9-2-3-10(8-20)6-12(9)11-4-5-13(14(16)7-11)15(17,18)19/h2-8H,1H3. The molecule has 0 spiro atoms. The fourth-order valence-corrected chi connectivity index (χ4v) is 1.94. The number of rotatable bonds is 2. The third-order valence-electron chi connectivity index (χ3n) is 2.98. The van der Waals surface area contributed by atoms with Crippen molar-refractivity contribution < 1.29 is 22.4 Å². The molecule has 0 fully saturated rings.